The van der Waals surface area contributed by atoms with Crippen molar-refractivity contribution < 1.29 is 8.78 Å². The van der Waals surface area contributed by atoms with Crippen LogP contribution in [-0.4, -0.2) is 7.05 Å². The van der Waals surface area contributed by atoms with E-state index >= 15 is 0 Å². The van der Waals surface area contributed by atoms with Gasteiger partial charge in [-0.1, -0.05) is 34.1 Å². The lowest BCUT2D eigenvalue weighted by Crippen LogP contribution is -2.20. The van der Waals surface area contributed by atoms with Crippen LogP contribution in [-0.2, 0) is 6.42 Å². The molecule has 0 radical (unpaired) electrons. The minimum absolute atomic E-state index is 0.269. The van der Waals surface area contributed by atoms with Crippen LogP contribution < -0.4 is 5.32 Å². The number of hydrogen-bond acceptors (Lipinski definition) is 1. The zero-order chi connectivity index (χ0) is 13.8. The summed E-state index contributed by atoms with van der Waals surface area (Å²) in [6, 6.07) is 11.0. The maximum atomic E-state index is 13.8. The van der Waals surface area contributed by atoms with E-state index in [-0.39, 0.29) is 6.04 Å². The van der Waals surface area contributed by atoms with E-state index in [1.54, 1.807) is 7.05 Å². The van der Waals surface area contributed by atoms with Gasteiger partial charge in [0.2, 0.25) is 0 Å². The molecular formula is C15H14BrF2N. The Hall–Kier alpha value is -1.26. The molecule has 0 amide bonds. The topological polar surface area (TPSA) is 12.0 Å². The van der Waals surface area contributed by atoms with Crippen LogP contribution in [0.4, 0.5) is 8.78 Å². The minimum atomic E-state index is -0.427. The van der Waals surface area contributed by atoms with Gasteiger partial charge in [0.1, 0.15) is 11.6 Å². The summed E-state index contributed by atoms with van der Waals surface area (Å²) in [4.78, 5) is 0. The molecule has 2 aromatic rings. The standard InChI is InChI=1S/C15H14BrF2N/c1-19-15(8-10-4-2-3-5-13(10)16)12-9-11(17)6-7-14(12)18/h2-7,9,15,19H,8H2,1H3. The normalized spacial score (nSPS) is 12.4. The number of halogens is 3. The fourth-order valence-electron chi connectivity index (χ4n) is 2.03. The van der Waals surface area contributed by atoms with Gasteiger partial charge in [-0.15, -0.1) is 0 Å². The molecule has 1 nitrogen and oxygen atoms in total. The first kappa shape index (κ1) is 14.2. The van der Waals surface area contributed by atoms with E-state index in [0.717, 1.165) is 22.2 Å². The van der Waals surface area contributed by atoms with Gasteiger partial charge >= 0.3 is 0 Å². The van der Waals surface area contributed by atoms with Gasteiger partial charge in [0.05, 0.1) is 0 Å². The second kappa shape index (κ2) is 6.26. The second-order valence-electron chi connectivity index (χ2n) is 4.30. The summed E-state index contributed by atoms with van der Waals surface area (Å²) in [5.41, 5.74) is 1.39. The van der Waals surface area contributed by atoms with Crippen molar-refractivity contribution in [1.82, 2.24) is 5.32 Å². The molecule has 0 aliphatic heterocycles. The van der Waals surface area contributed by atoms with Crippen molar-refractivity contribution in [3.8, 4) is 0 Å². The van der Waals surface area contributed by atoms with E-state index in [4.69, 9.17) is 0 Å². The molecule has 4 heteroatoms. The largest absolute Gasteiger partial charge is 0.313 e. The number of nitrogens with one attached hydrogen (secondary N) is 1. The second-order valence-corrected chi connectivity index (χ2v) is 5.16. The lowest BCUT2D eigenvalue weighted by Gasteiger charge is -2.18. The monoisotopic (exact) mass is 325 g/mol. The lowest BCUT2D eigenvalue weighted by molar-refractivity contribution is 0.522. The Labute approximate surface area is 119 Å². The summed E-state index contributed by atoms with van der Waals surface area (Å²) in [5.74, 6) is -0.823. The Kier molecular flexibility index (Phi) is 4.66. The highest BCUT2D eigenvalue weighted by atomic mass is 79.9. The lowest BCUT2D eigenvalue weighted by atomic mass is 9.98. The third-order valence-electron chi connectivity index (χ3n) is 3.06. The zero-order valence-electron chi connectivity index (χ0n) is 10.5. The molecule has 2 aromatic carbocycles. The summed E-state index contributed by atoms with van der Waals surface area (Å²) in [5, 5.41) is 3.03. The van der Waals surface area contributed by atoms with Crippen LogP contribution in [0, 0.1) is 11.6 Å². The summed E-state index contributed by atoms with van der Waals surface area (Å²) in [6.07, 6.45) is 0.582. The molecule has 0 fully saturated rings. The molecule has 19 heavy (non-hydrogen) atoms. The fraction of sp³-hybridized carbons (Fsp3) is 0.200. The summed E-state index contributed by atoms with van der Waals surface area (Å²) < 4.78 is 28.0. The molecule has 2 rings (SSSR count). The average Bonchev–Trinajstić information content (AvgIpc) is 2.41. The van der Waals surface area contributed by atoms with Crippen LogP contribution in [0.3, 0.4) is 0 Å². The van der Waals surface area contributed by atoms with E-state index in [0.29, 0.717) is 12.0 Å². The zero-order valence-corrected chi connectivity index (χ0v) is 12.0. The van der Waals surface area contributed by atoms with Gasteiger partial charge in [0.25, 0.3) is 0 Å². The van der Waals surface area contributed by atoms with Gasteiger partial charge in [0, 0.05) is 16.1 Å². The third kappa shape index (κ3) is 3.39. The first-order chi connectivity index (χ1) is 9.11. The molecule has 1 atom stereocenters. The smallest absolute Gasteiger partial charge is 0.128 e. The number of hydrogen-bond donors (Lipinski definition) is 1. The van der Waals surface area contributed by atoms with Crippen molar-refractivity contribution in [2.75, 3.05) is 7.05 Å². The van der Waals surface area contributed by atoms with Crippen LogP contribution >= 0.6 is 15.9 Å². The molecule has 0 saturated carbocycles. The molecule has 100 valence electrons. The van der Waals surface area contributed by atoms with Gasteiger partial charge in [-0.3, -0.25) is 0 Å². The maximum Gasteiger partial charge on any atom is 0.128 e. The minimum Gasteiger partial charge on any atom is -0.313 e. The van der Waals surface area contributed by atoms with Crippen molar-refractivity contribution >= 4 is 15.9 Å². The van der Waals surface area contributed by atoms with E-state index in [1.807, 2.05) is 24.3 Å². The van der Waals surface area contributed by atoms with Crippen LogP contribution in [0.5, 0.6) is 0 Å². The average molecular weight is 326 g/mol. The van der Waals surface area contributed by atoms with Gasteiger partial charge in [-0.25, -0.2) is 8.78 Å². The van der Waals surface area contributed by atoms with Crippen LogP contribution in [0.25, 0.3) is 0 Å². The van der Waals surface area contributed by atoms with Crippen LogP contribution in [0.2, 0.25) is 0 Å². The van der Waals surface area contributed by atoms with Crippen molar-refractivity contribution in [1.29, 1.82) is 0 Å². The van der Waals surface area contributed by atoms with E-state index in [2.05, 4.69) is 21.2 Å². The summed E-state index contributed by atoms with van der Waals surface area (Å²) in [7, 11) is 1.74. The Morgan fingerprint density at radius 3 is 2.58 bits per heavy atom. The molecule has 0 saturated heterocycles. The first-order valence-corrected chi connectivity index (χ1v) is 6.76. The molecule has 1 unspecified atom stereocenters. The van der Waals surface area contributed by atoms with Crippen molar-refractivity contribution in [3.05, 3.63) is 69.7 Å². The van der Waals surface area contributed by atoms with Crippen LogP contribution in [0.1, 0.15) is 17.2 Å². The van der Waals surface area contributed by atoms with E-state index in [9.17, 15) is 8.78 Å². The van der Waals surface area contributed by atoms with Gasteiger partial charge in [0.15, 0.2) is 0 Å². The summed E-state index contributed by atoms with van der Waals surface area (Å²) in [6.45, 7) is 0. The maximum absolute atomic E-state index is 13.8. The van der Waals surface area contributed by atoms with E-state index in [1.165, 1.54) is 6.07 Å². The molecule has 0 aliphatic carbocycles. The Morgan fingerprint density at radius 1 is 1.16 bits per heavy atom. The molecule has 1 N–H and O–H groups in total. The molecule has 0 bridgehead atoms. The molecule has 0 aliphatic rings. The summed E-state index contributed by atoms with van der Waals surface area (Å²) >= 11 is 3.46. The SMILES string of the molecule is CNC(Cc1ccccc1Br)c1cc(F)ccc1F. The van der Waals surface area contributed by atoms with Crippen molar-refractivity contribution in [2.45, 2.75) is 12.5 Å². The predicted molar refractivity (Wildman–Crippen MR) is 76.0 cm³/mol. The Bertz CT molecular complexity index is 572. The van der Waals surface area contributed by atoms with E-state index < -0.39 is 11.6 Å². The van der Waals surface area contributed by atoms with Gasteiger partial charge < -0.3 is 5.32 Å². The molecule has 0 aromatic heterocycles. The molecular weight excluding hydrogens is 312 g/mol. The highest BCUT2D eigenvalue weighted by Crippen LogP contribution is 2.25. The van der Waals surface area contributed by atoms with Crippen LogP contribution in [0.15, 0.2) is 46.9 Å². The predicted octanol–water partition coefficient (Wildman–Crippen LogP) is 4.23. The molecule has 0 spiro atoms. The highest BCUT2D eigenvalue weighted by molar-refractivity contribution is 9.10. The molecule has 0 heterocycles. The fourth-order valence-corrected chi connectivity index (χ4v) is 2.48. The van der Waals surface area contributed by atoms with Crippen molar-refractivity contribution in [2.24, 2.45) is 0 Å². The number of benzene rings is 2. The van der Waals surface area contributed by atoms with Gasteiger partial charge in [-0.05, 0) is 43.3 Å². The third-order valence-corrected chi connectivity index (χ3v) is 3.84. The number of likely N-dealkylation sites (N-methyl/N-ethyl adjacent to an activating group) is 1. The number of rotatable bonds is 4. The quantitative estimate of drug-likeness (QED) is 0.887. The Morgan fingerprint density at radius 2 is 1.89 bits per heavy atom. The van der Waals surface area contributed by atoms with Crippen molar-refractivity contribution in [3.63, 3.8) is 0 Å². The first-order valence-electron chi connectivity index (χ1n) is 5.97. The highest BCUT2D eigenvalue weighted by Gasteiger charge is 2.16. The Balaban J connectivity index is 2.30. The van der Waals surface area contributed by atoms with Gasteiger partial charge in [-0.2, -0.15) is 0 Å².